The Morgan fingerprint density at radius 3 is 2.65 bits per heavy atom. The largest absolute Gasteiger partial charge is 0.503 e. The summed E-state index contributed by atoms with van der Waals surface area (Å²) < 4.78 is 5.94. The highest BCUT2D eigenvalue weighted by Gasteiger charge is 2.44. The smallest absolute Gasteiger partial charge is 0.290 e. The highest BCUT2D eigenvalue weighted by atomic mass is 32.1. The zero-order valence-corrected chi connectivity index (χ0v) is 21.7. The Morgan fingerprint density at radius 1 is 1.29 bits per heavy atom. The Balaban J connectivity index is 1.99. The number of benzene rings is 1. The Labute approximate surface area is 206 Å². The SMILES string of the molecule is Cc1nc(C)c(C(=O)C2=C(O)C(=O)N(CCCN(C)C)C2c2cccc(OCCC(C)C)c2)s1. The van der Waals surface area contributed by atoms with Crippen LogP contribution in [0.25, 0.3) is 0 Å². The number of aryl methyl sites for hydroxylation is 2. The summed E-state index contributed by atoms with van der Waals surface area (Å²) in [5, 5.41) is 11.6. The van der Waals surface area contributed by atoms with Crippen molar-refractivity contribution in [2.75, 3.05) is 33.8 Å². The zero-order valence-electron chi connectivity index (χ0n) is 20.9. The Morgan fingerprint density at radius 2 is 2.03 bits per heavy atom. The van der Waals surface area contributed by atoms with Crippen molar-refractivity contribution in [2.24, 2.45) is 5.92 Å². The van der Waals surface area contributed by atoms with E-state index in [4.69, 9.17) is 4.74 Å². The lowest BCUT2D eigenvalue weighted by Gasteiger charge is -2.27. The molecule has 34 heavy (non-hydrogen) atoms. The van der Waals surface area contributed by atoms with Gasteiger partial charge in [-0.15, -0.1) is 11.3 Å². The van der Waals surface area contributed by atoms with Crippen LogP contribution < -0.4 is 4.74 Å². The topological polar surface area (TPSA) is 83.0 Å². The second kappa shape index (κ2) is 11.1. The molecule has 3 rings (SSSR count). The van der Waals surface area contributed by atoms with Gasteiger partial charge in [0.2, 0.25) is 5.78 Å². The molecule has 0 aliphatic carbocycles. The summed E-state index contributed by atoms with van der Waals surface area (Å²) in [7, 11) is 3.95. The molecule has 1 aromatic heterocycles. The Bertz CT molecular complexity index is 1070. The molecule has 1 atom stereocenters. The van der Waals surface area contributed by atoms with Crippen molar-refractivity contribution in [3.63, 3.8) is 0 Å². The van der Waals surface area contributed by atoms with Crippen molar-refractivity contribution < 1.29 is 19.4 Å². The fourth-order valence-corrected chi connectivity index (χ4v) is 4.95. The van der Waals surface area contributed by atoms with E-state index >= 15 is 0 Å². The zero-order chi connectivity index (χ0) is 25.0. The van der Waals surface area contributed by atoms with E-state index in [-0.39, 0.29) is 11.4 Å². The normalized spacial score (nSPS) is 16.3. The predicted octanol–water partition coefficient (Wildman–Crippen LogP) is 4.71. The standard InChI is InChI=1S/C26H35N3O4S/c1-16(2)11-14-33-20-10-7-9-19(15-20)22-21(23(30)25-17(3)27-18(4)34-25)24(31)26(32)29(22)13-8-12-28(5)6/h7,9-10,15-16,22,31H,8,11-14H2,1-6H3. The summed E-state index contributed by atoms with van der Waals surface area (Å²) in [6, 6.07) is 6.80. The van der Waals surface area contributed by atoms with Crippen molar-refractivity contribution in [1.82, 2.24) is 14.8 Å². The van der Waals surface area contributed by atoms with E-state index in [0.717, 1.165) is 23.5 Å². The summed E-state index contributed by atoms with van der Waals surface area (Å²) in [5.74, 6) is -0.131. The van der Waals surface area contributed by atoms with E-state index in [9.17, 15) is 14.7 Å². The maximum atomic E-state index is 13.6. The van der Waals surface area contributed by atoms with Crippen LogP contribution in [-0.2, 0) is 4.79 Å². The molecule has 0 saturated carbocycles. The van der Waals surface area contributed by atoms with Gasteiger partial charge in [-0.1, -0.05) is 26.0 Å². The monoisotopic (exact) mass is 485 g/mol. The molecule has 0 radical (unpaired) electrons. The minimum Gasteiger partial charge on any atom is -0.503 e. The van der Waals surface area contributed by atoms with Gasteiger partial charge in [0.15, 0.2) is 5.76 Å². The van der Waals surface area contributed by atoms with Gasteiger partial charge in [-0.3, -0.25) is 9.59 Å². The molecule has 0 bridgehead atoms. The van der Waals surface area contributed by atoms with E-state index in [1.807, 2.05) is 50.2 Å². The lowest BCUT2D eigenvalue weighted by molar-refractivity contribution is -0.129. The van der Waals surface area contributed by atoms with Gasteiger partial charge in [0.25, 0.3) is 5.91 Å². The summed E-state index contributed by atoms with van der Waals surface area (Å²) >= 11 is 1.28. The first-order chi connectivity index (χ1) is 16.1. The predicted molar refractivity (Wildman–Crippen MR) is 135 cm³/mol. The first kappa shape index (κ1) is 25.9. The molecular weight excluding hydrogens is 450 g/mol. The maximum absolute atomic E-state index is 13.6. The summed E-state index contributed by atoms with van der Waals surface area (Å²) in [4.78, 5) is 35.2. The number of hydrogen-bond acceptors (Lipinski definition) is 7. The maximum Gasteiger partial charge on any atom is 0.290 e. The quantitative estimate of drug-likeness (QED) is 0.464. The van der Waals surface area contributed by atoms with Crippen LogP contribution in [0.2, 0.25) is 0 Å². The number of carbonyl (C=O) groups is 2. The number of ketones is 1. The van der Waals surface area contributed by atoms with Crippen LogP contribution in [-0.4, -0.2) is 65.4 Å². The Hall–Kier alpha value is -2.71. The molecule has 1 aliphatic rings. The van der Waals surface area contributed by atoms with Gasteiger partial charge in [-0.2, -0.15) is 0 Å². The molecule has 0 spiro atoms. The van der Waals surface area contributed by atoms with Gasteiger partial charge >= 0.3 is 0 Å². The van der Waals surface area contributed by atoms with Crippen LogP contribution in [0.5, 0.6) is 5.75 Å². The van der Waals surface area contributed by atoms with E-state index in [2.05, 4.69) is 18.8 Å². The summed E-state index contributed by atoms with van der Waals surface area (Å²) in [6.07, 6.45) is 1.64. The molecule has 2 aromatic rings. The highest BCUT2D eigenvalue weighted by Crippen LogP contribution is 2.41. The minimum atomic E-state index is -0.683. The van der Waals surface area contributed by atoms with Crippen molar-refractivity contribution in [3.05, 3.63) is 56.7 Å². The fourth-order valence-electron chi connectivity index (χ4n) is 4.07. The van der Waals surface area contributed by atoms with Gasteiger partial charge in [-0.05, 0) is 70.9 Å². The molecule has 1 aromatic carbocycles. The van der Waals surface area contributed by atoms with Crippen LogP contribution in [0.4, 0.5) is 0 Å². The second-order valence-electron chi connectivity index (χ2n) is 9.40. The van der Waals surface area contributed by atoms with E-state index < -0.39 is 17.7 Å². The van der Waals surface area contributed by atoms with E-state index in [0.29, 0.717) is 41.8 Å². The number of aliphatic hydroxyl groups is 1. The van der Waals surface area contributed by atoms with Crippen LogP contribution >= 0.6 is 11.3 Å². The fraction of sp³-hybridized carbons (Fsp3) is 0.500. The summed E-state index contributed by atoms with van der Waals surface area (Å²) in [6.45, 7) is 9.69. The molecule has 1 unspecified atom stereocenters. The van der Waals surface area contributed by atoms with Crippen LogP contribution in [0.3, 0.4) is 0 Å². The molecule has 1 amide bonds. The molecule has 184 valence electrons. The lowest BCUT2D eigenvalue weighted by Crippen LogP contribution is -2.33. The van der Waals surface area contributed by atoms with Crippen LogP contribution in [0.15, 0.2) is 35.6 Å². The summed E-state index contributed by atoms with van der Waals surface area (Å²) in [5.41, 5.74) is 1.46. The molecular formula is C26H35N3O4S. The minimum absolute atomic E-state index is 0.112. The number of carbonyl (C=O) groups excluding carboxylic acids is 2. The molecule has 2 heterocycles. The number of amides is 1. The molecule has 7 nitrogen and oxygen atoms in total. The van der Waals surface area contributed by atoms with E-state index in [1.165, 1.54) is 11.3 Å². The number of Topliss-reactive ketones (excluding diaryl/α,β-unsaturated/α-hetero) is 1. The van der Waals surface area contributed by atoms with E-state index in [1.54, 1.807) is 11.8 Å². The number of rotatable bonds is 11. The molecule has 0 saturated heterocycles. The number of nitrogens with zero attached hydrogens (tertiary/aromatic N) is 3. The van der Waals surface area contributed by atoms with Gasteiger partial charge in [-0.25, -0.2) is 4.98 Å². The Kier molecular flexibility index (Phi) is 8.49. The number of aliphatic hydroxyl groups excluding tert-OH is 1. The first-order valence-electron chi connectivity index (χ1n) is 11.7. The number of aromatic nitrogens is 1. The third-order valence-corrected chi connectivity index (χ3v) is 6.87. The van der Waals surface area contributed by atoms with Crippen LogP contribution in [0, 0.1) is 19.8 Å². The first-order valence-corrected chi connectivity index (χ1v) is 12.5. The molecule has 1 N–H and O–H groups in total. The lowest BCUT2D eigenvalue weighted by atomic mass is 9.95. The molecule has 0 fully saturated rings. The average molecular weight is 486 g/mol. The third-order valence-electron chi connectivity index (χ3n) is 5.80. The molecule has 8 heteroatoms. The van der Waals surface area contributed by atoms with Crippen molar-refractivity contribution >= 4 is 23.0 Å². The van der Waals surface area contributed by atoms with Crippen molar-refractivity contribution in [3.8, 4) is 5.75 Å². The van der Waals surface area contributed by atoms with Crippen molar-refractivity contribution in [1.29, 1.82) is 0 Å². The van der Waals surface area contributed by atoms with Gasteiger partial charge in [0.1, 0.15) is 5.75 Å². The van der Waals surface area contributed by atoms with Gasteiger partial charge < -0.3 is 19.6 Å². The van der Waals surface area contributed by atoms with Crippen molar-refractivity contribution in [2.45, 2.75) is 46.6 Å². The molecule has 1 aliphatic heterocycles. The average Bonchev–Trinajstić information content (AvgIpc) is 3.23. The number of ether oxygens (including phenoxy) is 1. The number of thiazole rings is 1. The van der Waals surface area contributed by atoms with Gasteiger partial charge in [0.05, 0.1) is 33.8 Å². The third kappa shape index (κ3) is 5.85. The second-order valence-corrected chi connectivity index (χ2v) is 10.6. The number of hydrogen-bond donors (Lipinski definition) is 1. The highest BCUT2D eigenvalue weighted by molar-refractivity contribution is 7.14. The van der Waals surface area contributed by atoms with Gasteiger partial charge in [0, 0.05) is 6.54 Å². The van der Waals surface area contributed by atoms with Crippen LogP contribution in [0.1, 0.15) is 58.7 Å².